The van der Waals surface area contributed by atoms with E-state index in [4.69, 9.17) is 5.73 Å². The van der Waals surface area contributed by atoms with Gasteiger partial charge in [-0.3, -0.25) is 0 Å². The maximum Gasteiger partial charge on any atom is 0.0123 e. The second-order valence-corrected chi connectivity index (χ2v) is 7.15. The van der Waals surface area contributed by atoms with Crippen molar-refractivity contribution in [1.29, 1.82) is 0 Å². The van der Waals surface area contributed by atoms with Crippen LogP contribution in [0, 0.1) is 17.3 Å². The first-order chi connectivity index (χ1) is 7.09. The first-order valence-corrected chi connectivity index (χ1v) is 6.88. The molecule has 2 atom stereocenters. The molecule has 16 heavy (non-hydrogen) atoms. The molecule has 0 aromatic carbocycles. The highest BCUT2D eigenvalue weighted by atomic mass is 14.7. The van der Waals surface area contributed by atoms with Gasteiger partial charge in [-0.1, -0.05) is 47.5 Å². The van der Waals surface area contributed by atoms with Gasteiger partial charge in [0.2, 0.25) is 0 Å². The number of hydrogen-bond donors (Lipinski definition) is 1. The van der Waals surface area contributed by atoms with Crippen LogP contribution in [0.3, 0.4) is 0 Å². The zero-order valence-corrected chi connectivity index (χ0v) is 12.6. The summed E-state index contributed by atoms with van der Waals surface area (Å²) in [6.07, 6.45) is 5.22. The second-order valence-electron chi connectivity index (χ2n) is 7.15. The van der Waals surface area contributed by atoms with Crippen molar-refractivity contribution in [2.45, 2.75) is 79.7 Å². The molecule has 0 saturated heterocycles. The maximum absolute atomic E-state index is 6.15. The lowest BCUT2D eigenvalue weighted by molar-refractivity contribution is 0.185. The molecule has 0 aliphatic heterocycles. The summed E-state index contributed by atoms with van der Waals surface area (Å²) in [5.41, 5.74) is 6.55. The van der Waals surface area contributed by atoms with Gasteiger partial charge in [-0.15, -0.1) is 0 Å². The van der Waals surface area contributed by atoms with Crippen molar-refractivity contribution in [3.8, 4) is 0 Å². The summed E-state index contributed by atoms with van der Waals surface area (Å²) in [6, 6.07) is 0. The molecule has 2 unspecified atom stereocenters. The normalized spacial score (nSPS) is 17.2. The van der Waals surface area contributed by atoms with Gasteiger partial charge in [-0.25, -0.2) is 0 Å². The van der Waals surface area contributed by atoms with E-state index >= 15 is 0 Å². The highest BCUT2D eigenvalue weighted by molar-refractivity contribution is 4.81. The summed E-state index contributed by atoms with van der Waals surface area (Å²) in [5, 5.41) is 0. The Hall–Kier alpha value is -0.0400. The molecule has 0 heterocycles. The Morgan fingerprint density at radius 1 is 0.938 bits per heavy atom. The number of hydrogen-bond acceptors (Lipinski definition) is 1. The Morgan fingerprint density at radius 3 is 1.75 bits per heavy atom. The predicted molar refractivity (Wildman–Crippen MR) is 74.5 cm³/mol. The van der Waals surface area contributed by atoms with Crippen LogP contribution in [-0.4, -0.2) is 5.54 Å². The molecule has 2 N–H and O–H groups in total. The Kier molecular flexibility index (Phi) is 6.03. The topological polar surface area (TPSA) is 26.0 Å². The highest BCUT2D eigenvalue weighted by Crippen LogP contribution is 2.35. The molecule has 1 nitrogen and oxygen atoms in total. The number of rotatable bonds is 6. The Labute approximate surface area is 103 Å². The first kappa shape index (κ1) is 16.0. The smallest absolute Gasteiger partial charge is 0.0123 e. The molecule has 0 spiro atoms. The van der Waals surface area contributed by atoms with Crippen LogP contribution in [0.25, 0.3) is 0 Å². The van der Waals surface area contributed by atoms with Gasteiger partial charge in [-0.05, 0) is 43.9 Å². The average Bonchev–Trinajstić information content (AvgIpc) is 2.07. The molecule has 98 valence electrons. The largest absolute Gasteiger partial charge is 0.325 e. The molecule has 0 fully saturated rings. The SMILES string of the molecule is CCCC(CCC(C)C(C)(C)N)C(C)(C)C. The van der Waals surface area contributed by atoms with Crippen LogP contribution in [0.15, 0.2) is 0 Å². The molecule has 0 aromatic heterocycles. The van der Waals surface area contributed by atoms with Crippen LogP contribution in [0.5, 0.6) is 0 Å². The summed E-state index contributed by atoms with van der Waals surface area (Å²) in [7, 11) is 0. The summed E-state index contributed by atoms with van der Waals surface area (Å²) in [4.78, 5) is 0. The molecular formula is C15H33N. The lowest BCUT2D eigenvalue weighted by atomic mass is 9.73. The van der Waals surface area contributed by atoms with Crippen LogP contribution in [0.4, 0.5) is 0 Å². The zero-order valence-electron chi connectivity index (χ0n) is 12.6. The quantitative estimate of drug-likeness (QED) is 0.705. The van der Waals surface area contributed by atoms with E-state index in [-0.39, 0.29) is 5.54 Å². The van der Waals surface area contributed by atoms with E-state index < -0.39 is 0 Å². The van der Waals surface area contributed by atoms with Gasteiger partial charge < -0.3 is 5.73 Å². The van der Waals surface area contributed by atoms with E-state index in [1.807, 2.05) is 0 Å². The van der Waals surface area contributed by atoms with Crippen molar-refractivity contribution in [2.24, 2.45) is 23.0 Å². The van der Waals surface area contributed by atoms with E-state index in [1.165, 1.54) is 25.7 Å². The van der Waals surface area contributed by atoms with E-state index in [0.717, 1.165) is 5.92 Å². The van der Waals surface area contributed by atoms with E-state index in [1.54, 1.807) is 0 Å². The van der Waals surface area contributed by atoms with E-state index in [0.29, 0.717) is 11.3 Å². The van der Waals surface area contributed by atoms with Crippen molar-refractivity contribution in [2.75, 3.05) is 0 Å². The molecule has 0 aliphatic rings. The molecule has 0 saturated carbocycles. The van der Waals surface area contributed by atoms with E-state index in [9.17, 15) is 0 Å². The summed E-state index contributed by atoms with van der Waals surface area (Å²) >= 11 is 0. The second kappa shape index (κ2) is 6.05. The van der Waals surface area contributed by atoms with Gasteiger partial charge in [0, 0.05) is 5.54 Å². The van der Waals surface area contributed by atoms with Gasteiger partial charge >= 0.3 is 0 Å². The number of nitrogens with two attached hydrogens (primary N) is 1. The molecular weight excluding hydrogens is 194 g/mol. The third-order valence-electron chi connectivity index (χ3n) is 4.08. The van der Waals surface area contributed by atoms with Crippen molar-refractivity contribution >= 4 is 0 Å². The van der Waals surface area contributed by atoms with Crippen LogP contribution in [0.2, 0.25) is 0 Å². The van der Waals surface area contributed by atoms with Gasteiger partial charge in [-0.2, -0.15) is 0 Å². The minimum absolute atomic E-state index is 0.0331. The van der Waals surface area contributed by atoms with E-state index in [2.05, 4.69) is 48.5 Å². The Bertz CT molecular complexity index is 183. The van der Waals surface area contributed by atoms with Gasteiger partial charge in [0.05, 0.1) is 0 Å². The average molecular weight is 227 g/mol. The Morgan fingerprint density at radius 2 is 1.44 bits per heavy atom. The monoisotopic (exact) mass is 227 g/mol. The minimum atomic E-state index is -0.0331. The predicted octanol–water partition coefficient (Wildman–Crippen LogP) is 4.60. The summed E-state index contributed by atoms with van der Waals surface area (Å²) in [5.74, 6) is 1.44. The third-order valence-corrected chi connectivity index (χ3v) is 4.08. The standard InChI is InChI=1S/C15H33N/c1-8-9-13(14(3,4)5)11-10-12(2)15(6,7)16/h12-13H,8-11,16H2,1-7H3. The maximum atomic E-state index is 6.15. The van der Waals surface area contributed by atoms with Crippen LogP contribution in [0.1, 0.15) is 74.1 Å². The Balaban J connectivity index is 4.23. The van der Waals surface area contributed by atoms with Crippen molar-refractivity contribution in [3.63, 3.8) is 0 Å². The fourth-order valence-corrected chi connectivity index (χ4v) is 2.18. The molecule has 0 aliphatic carbocycles. The summed E-state index contributed by atoms with van der Waals surface area (Å²) in [6.45, 7) is 16.0. The molecule has 1 heteroatoms. The molecule has 0 aromatic rings. The van der Waals surface area contributed by atoms with Crippen molar-refractivity contribution in [1.82, 2.24) is 0 Å². The lowest BCUT2D eigenvalue weighted by Gasteiger charge is -2.34. The highest BCUT2D eigenvalue weighted by Gasteiger charge is 2.26. The van der Waals surface area contributed by atoms with Crippen molar-refractivity contribution < 1.29 is 0 Å². The minimum Gasteiger partial charge on any atom is -0.325 e. The molecule has 0 amide bonds. The van der Waals surface area contributed by atoms with Crippen LogP contribution >= 0.6 is 0 Å². The fraction of sp³-hybridized carbons (Fsp3) is 1.00. The molecule has 0 rings (SSSR count). The van der Waals surface area contributed by atoms with Gasteiger partial charge in [0.1, 0.15) is 0 Å². The lowest BCUT2D eigenvalue weighted by Crippen LogP contribution is -2.39. The molecule has 0 bridgehead atoms. The third kappa shape index (κ3) is 5.89. The van der Waals surface area contributed by atoms with Crippen LogP contribution in [-0.2, 0) is 0 Å². The van der Waals surface area contributed by atoms with Crippen LogP contribution < -0.4 is 5.73 Å². The fourth-order valence-electron chi connectivity index (χ4n) is 2.18. The molecule has 0 radical (unpaired) electrons. The first-order valence-electron chi connectivity index (χ1n) is 6.88. The zero-order chi connectivity index (χ0) is 13.0. The van der Waals surface area contributed by atoms with Crippen molar-refractivity contribution in [3.05, 3.63) is 0 Å². The van der Waals surface area contributed by atoms with Gasteiger partial charge in [0.25, 0.3) is 0 Å². The summed E-state index contributed by atoms with van der Waals surface area (Å²) < 4.78 is 0. The van der Waals surface area contributed by atoms with Gasteiger partial charge in [0.15, 0.2) is 0 Å².